The molecule has 1 aromatic rings. The van der Waals surface area contributed by atoms with E-state index in [0.29, 0.717) is 18.2 Å². The summed E-state index contributed by atoms with van der Waals surface area (Å²) in [4.78, 5) is 35.8. The highest BCUT2D eigenvalue weighted by atomic mass is 16.2. The number of hydrogen-bond acceptors (Lipinski definition) is 3. The molecule has 1 fully saturated rings. The van der Waals surface area contributed by atoms with Crippen molar-refractivity contribution in [1.82, 2.24) is 9.88 Å². The zero-order valence-electron chi connectivity index (χ0n) is 14.5. The van der Waals surface area contributed by atoms with Crippen LogP contribution in [0.1, 0.15) is 52.4 Å². The van der Waals surface area contributed by atoms with Gasteiger partial charge in [-0.1, -0.05) is 26.2 Å². The van der Waals surface area contributed by atoms with Crippen molar-refractivity contribution >= 4 is 17.5 Å². The van der Waals surface area contributed by atoms with Gasteiger partial charge in [-0.05, 0) is 38.2 Å². The molecule has 24 heavy (non-hydrogen) atoms. The first-order valence-corrected chi connectivity index (χ1v) is 8.87. The number of nitrogens with zero attached hydrogens (tertiary/aromatic N) is 1. The lowest BCUT2D eigenvalue weighted by molar-refractivity contribution is -0.136. The first-order valence-electron chi connectivity index (χ1n) is 8.87. The number of aryl methyl sites for hydroxylation is 1. The van der Waals surface area contributed by atoms with Crippen molar-refractivity contribution in [1.29, 1.82) is 0 Å². The number of anilines is 1. The highest BCUT2D eigenvalue weighted by Gasteiger charge is 2.29. The molecule has 1 saturated carbocycles. The lowest BCUT2D eigenvalue weighted by Crippen LogP contribution is -2.43. The number of pyridine rings is 1. The molecule has 0 saturated heterocycles. The van der Waals surface area contributed by atoms with Crippen LogP contribution < -0.4 is 16.2 Å². The molecule has 1 aromatic heterocycles. The zero-order valence-corrected chi connectivity index (χ0v) is 14.5. The molecule has 132 valence electrons. The van der Waals surface area contributed by atoms with E-state index in [9.17, 15) is 14.4 Å². The Morgan fingerprint density at radius 3 is 2.71 bits per heavy atom. The maximum absolute atomic E-state index is 12.2. The molecule has 2 amide bonds. The number of rotatable bonds is 6. The summed E-state index contributed by atoms with van der Waals surface area (Å²) < 4.78 is 1.48. The summed E-state index contributed by atoms with van der Waals surface area (Å²) in [6.45, 7) is 4.51. The Labute approximate surface area is 142 Å². The minimum Gasteiger partial charge on any atom is -0.345 e. The second kappa shape index (κ2) is 8.66. The van der Waals surface area contributed by atoms with Gasteiger partial charge in [0.25, 0.3) is 5.56 Å². The normalized spacial score (nSPS) is 19.9. The van der Waals surface area contributed by atoms with E-state index < -0.39 is 11.8 Å². The summed E-state index contributed by atoms with van der Waals surface area (Å²) in [7, 11) is 0. The number of unbranched alkanes of at least 4 members (excludes halogenated alkanes) is 1. The molecule has 2 N–H and O–H groups in total. The molecular formula is C18H27N3O3. The number of amides is 2. The topological polar surface area (TPSA) is 80.2 Å². The molecule has 6 heteroatoms. The summed E-state index contributed by atoms with van der Waals surface area (Å²) >= 11 is 0. The summed E-state index contributed by atoms with van der Waals surface area (Å²) in [5.74, 6) is -0.807. The summed E-state index contributed by atoms with van der Waals surface area (Å²) in [5, 5.41) is 5.44. The molecule has 0 spiro atoms. The van der Waals surface area contributed by atoms with Gasteiger partial charge in [-0.2, -0.15) is 0 Å². The molecule has 0 aromatic carbocycles. The zero-order chi connectivity index (χ0) is 17.5. The Bertz CT molecular complexity index is 639. The van der Waals surface area contributed by atoms with Gasteiger partial charge >= 0.3 is 11.8 Å². The van der Waals surface area contributed by atoms with Gasteiger partial charge in [-0.15, -0.1) is 0 Å². The molecule has 1 aliphatic rings. The number of carbonyl (C=O) groups is 2. The van der Waals surface area contributed by atoms with Crippen LogP contribution in [0.25, 0.3) is 0 Å². The third-order valence-electron chi connectivity index (χ3n) is 4.69. The molecule has 6 nitrogen and oxygen atoms in total. The Balaban J connectivity index is 1.92. The van der Waals surface area contributed by atoms with Crippen LogP contribution in [0.15, 0.2) is 23.1 Å². The van der Waals surface area contributed by atoms with E-state index in [2.05, 4.69) is 17.6 Å². The number of nitrogens with one attached hydrogen (secondary N) is 2. The van der Waals surface area contributed by atoms with Crippen molar-refractivity contribution in [3.63, 3.8) is 0 Å². The van der Waals surface area contributed by atoms with Crippen LogP contribution in [0.4, 0.5) is 5.69 Å². The van der Waals surface area contributed by atoms with Gasteiger partial charge in [0.2, 0.25) is 0 Å². The fourth-order valence-electron chi connectivity index (χ4n) is 3.31. The SMILES string of the molecule is CCCC[C@H]1CCC[C@@H]1NC(=O)C(=O)Nc1ccc(=O)n(CC)c1. The Hall–Kier alpha value is -2.11. The van der Waals surface area contributed by atoms with E-state index >= 15 is 0 Å². The van der Waals surface area contributed by atoms with Gasteiger partial charge < -0.3 is 15.2 Å². The smallest absolute Gasteiger partial charge is 0.313 e. The van der Waals surface area contributed by atoms with Gasteiger partial charge in [0.15, 0.2) is 0 Å². The largest absolute Gasteiger partial charge is 0.345 e. The van der Waals surface area contributed by atoms with Crippen molar-refractivity contribution in [2.24, 2.45) is 5.92 Å². The summed E-state index contributed by atoms with van der Waals surface area (Å²) in [6, 6.07) is 2.99. The van der Waals surface area contributed by atoms with Crippen molar-refractivity contribution in [3.05, 3.63) is 28.7 Å². The second-order valence-corrected chi connectivity index (χ2v) is 6.41. The van der Waals surface area contributed by atoms with Crippen molar-refractivity contribution in [2.45, 2.75) is 65.0 Å². The van der Waals surface area contributed by atoms with E-state index in [-0.39, 0.29) is 11.6 Å². The lowest BCUT2D eigenvalue weighted by Gasteiger charge is -2.20. The molecule has 0 aliphatic heterocycles. The van der Waals surface area contributed by atoms with E-state index in [4.69, 9.17) is 0 Å². The van der Waals surface area contributed by atoms with Gasteiger partial charge in [0, 0.05) is 24.8 Å². The summed E-state index contributed by atoms with van der Waals surface area (Å²) in [5.41, 5.74) is 0.315. The van der Waals surface area contributed by atoms with E-state index in [1.807, 2.05) is 6.92 Å². The van der Waals surface area contributed by atoms with Crippen molar-refractivity contribution in [3.8, 4) is 0 Å². The van der Waals surface area contributed by atoms with Gasteiger partial charge in [0.05, 0.1) is 5.69 Å². The number of carbonyl (C=O) groups excluding carboxylic acids is 2. The average molecular weight is 333 g/mol. The second-order valence-electron chi connectivity index (χ2n) is 6.41. The highest BCUT2D eigenvalue weighted by molar-refractivity contribution is 6.39. The average Bonchev–Trinajstić information content (AvgIpc) is 3.01. The van der Waals surface area contributed by atoms with Crippen LogP contribution in [0.2, 0.25) is 0 Å². The first-order chi connectivity index (χ1) is 11.5. The first kappa shape index (κ1) is 18.2. The molecule has 1 heterocycles. The van der Waals surface area contributed by atoms with Crippen molar-refractivity contribution in [2.75, 3.05) is 5.32 Å². The van der Waals surface area contributed by atoms with E-state index in [1.54, 1.807) is 6.20 Å². The molecule has 2 rings (SSSR count). The molecule has 2 atom stereocenters. The van der Waals surface area contributed by atoms with E-state index in [0.717, 1.165) is 38.5 Å². The Kier molecular flexibility index (Phi) is 6.58. The molecule has 0 unspecified atom stereocenters. The predicted octanol–water partition coefficient (Wildman–Crippen LogP) is 2.28. The fraction of sp³-hybridized carbons (Fsp3) is 0.611. The van der Waals surface area contributed by atoms with Crippen LogP contribution in [0, 0.1) is 5.92 Å². The lowest BCUT2D eigenvalue weighted by atomic mass is 9.97. The third-order valence-corrected chi connectivity index (χ3v) is 4.69. The van der Waals surface area contributed by atoms with Crippen LogP contribution in [-0.2, 0) is 16.1 Å². The predicted molar refractivity (Wildman–Crippen MR) is 93.8 cm³/mol. The van der Waals surface area contributed by atoms with E-state index in [1.165, 1.54) is 16.7 Å². The van der Waals surface area contributed by atoms with Crippen molar-refractivity contribution < 1.29 is 9.59 Å². The Morgan fingerprint density at radius 2 is 2.00 bits per heavy atom. The third kappa shape index (κ3) is 4.69. The number of hydrogen-bond donors (Lipinski definition) is 2. The number of aromatic nitrogens is 1. The Morgan fingerprint density at radius 1 is 1.21 bits per heavy atom. The van der Waals surface area contributed by atoms with Crippen LogP contribution in [0.5, 0.6) is 0 Å². The molecule has 0 radical (unpaired) electrons. The minimum absolute atomic E-state index is 0.0967. The van der Waals surface area contributed by atoms with Gasteiger partial charge in [-0.3, -0.25) is 14.4 Å². The van der Waals surface area contributed by atoms with Crippen LogP contribution in [0.3, 0.4) is 0 Å². The van der Waals surface area contributed by atoms with Gasteiger partial charge in [0.1, 0.15) is 0 Å². The maximum Gasteiger partial charge on any atom is 0.313 e. The summed E-state index contributed by atoms with van der Waals surface area (Å²) in [6.07, 6.45) is 8.11. The highest BCUT2D eigenvalue weighted by Crippen LogP contribution is 2.29. The standard InChI is InChI=1S/C18H27N3O3/c1-3-5-7-13-8-6-9-15(13)20-18(24)17(23)19-14-10-11-16(22)21(4-2)12-14/h10-13,15H,3-9H2,1-2H3,(H,19,23)(H,20,24)/t13-,15-/m0/s1. The van der Waals surface area contributed by atoms with Crippen LogP contribution in [-0.4, -0.2) is 22.4 Å². The van der Waals surface area contributed by atoms with Crippen LogP contribution >= 0.6 is 0 Å². The molecule has 0 bridgehead atoms. The fourth-order valence-corrected chi connectivity index (χ4v) is 3.31. The minimum atomic E-state index is -0.683. The molecular weight excluding hydrogens is 306 g/mol. The quantitative estimate of drug-likeness (QED) is 0.784. The molecule has 1 aliphatic carbocycles. The maximum atomic E-state index is 12.2. The van der Waals surface area contributed by atoms with Gasteiger partial charge in [-0.25, -0.2) is 0 Å². The monoisotopic (exact) mass is 333 g/mol.